The van der Waals surface area contributed by atoms with Gasteiger partial charge in [0.1, 0.15) is 23.5 Å². The number of hydrogen-bond acceptors (Lipinski definition) is 2. The maximum Gasteiger partial charge on any atom is 0.130 e. The summed E-state index contributed by atoms with van der Waals surface area (Å²) in [5.41, 5.74) is 2.78. The Balaban J connectivity index is 1.95. The van der Waals surface area contributed by atoms with Gasteiger partial charge in [-0.1, -0.05) is 18.2 Å². The van der Waals surface area contributed by atoms with Gasteiger partial charge in [-0.15, -0.1) is 0 Å². The Kier molecular flexibility index (Phi) is 3.91. The molecule has 0 spiro atoms. The quantitative estimate of drug-likeness (QED) is 0.679. The molecule has 0 fully saturated rings. The van der Waals surface area contributed by atoms with Crippen LogP contribution in [0.25, 0.3) is 17.0 Å². The van der Waals surface area contributed by atoms with E-state index in [1.807, 2.05) is 53.2 Å². The average Bonchev–Trinajstić information content (AvgIpc) is 2.95. The maximum atomic E-state index is 13.3. The van der Waals surface area contributed by atoms with Crippen LogP contribution in [-0.2, 0) is 6.54 Å². The van der Waals surface area contributed by atoms with Crippen molar-refractivity contribution in [3.63, 3.8) is 0 Å². The van der Waals surface area contributed by atoms with Crippen molar-refractivity contribution < 1.29 is 4.39 Å². The predicted molar refractivity (Wildman–Crippen MR) is 86.6 cm³/mol. The smallest absolute Gasteiger partial charge is 0.130 e. The molecule has 0 aliphatic heterocycles. The van der Waals surface area contributed by atoms with E-state index >= 15 is 0 Å². The summed E-state index contributed by atoms with van der Waals surface area (Å²) in [5, 5.41) is 18.6. The summed E-state index contributed by atoms with van der Waals surface area (Å²) >= 11 is 0. The van der Waals surface area contributed by atoms with Crippen LogP contribution in [0.3, 0.4) is 0 Å². The molecule has 0 atom stereocenters. The first kappa shape index (κ1) is 14.6. The Hall–Kier alpha value is -3.37. The van der Waals surface area contributed by atoms with Crippen molar-refractivity contribution in [1.82, 2.24) is 4.57 Å². The van der Waals surface area contributed by atoms with Crippen LogP contribution in [0.1, 0.15) is 11.1 Å². The second-order valence-corrected chi connectivity index (χ2v) is 5.17. The van der Waals surface area contributed by atoms with Crippen LogP contribution in [0.4, 0.5) is 4.39 Å². The van der Waals surface area contributed by atoms with Gasteiger partial charge in [0, 0.05) is 23.6 Å². The molecule has 0 aliphatic carbocycles. The fourth-order valence-electron chi connectivity index (χ4n) is 2.53. The molecule has 110 valence electrons. The van der Waals surface area contributed by atoms with Gasteiger partial charge in [0.2, 0.25) is 0 Å². The normalized spacial score (nSPS) is 10.0. The first-order chi connectivity index (χ1) is 11.2. The van der Waals surface area contributed by atoms with Crippen molar-refractivity contribution in [2.75, 3.05) is 0 Å². The van der Waals surface area contributed by atoms with E-state index in [1.165, 1.54) is 12.1 Å². The first-order valence-electron chi connectivity index (χ1n) is 7.05. The van der Waals surface area contributed by atoms with Gasteiger partial charge in [-0.05, 0) is 47.5 Å². The van der Waals surface area contributed by atoms with Crippen molar-refractivity contribution >= 4 is 17.0 Å². The topological polar surface area (TPSA) is 52.5 Å². The zero-order valence-electron chi connectivity index (χ0n) is 12.2. The highest BCUT2D eigenvalue weighted by Crippen LogP contribution is 2.20. The Morgan fingerprint density at radius 1 is 1.09 bits per heavy atom. The van der Waals surface area contributed by atoms with Gasteiger partial charge in [-0.25, -0.2) is 4.39 Å². The molecule has 0 radical (unpaired) electrons. The summed E-state index contributed by atoms with van der Waals surface area (Å²) in [4.78, 5) is 0. The summed E-state index contributed by atoms with van der Waals surface area (Å²) in [6, 6.07) is 17.9. The lowest BCUT2D eigenvalue weighted by atomic mass is 10.1. The number of aromatic nitrogens is 1. The Morgan fingerprint density at radius 3 is 2.65 bits per heavy atom. The van der Waals surface area contributed by atoms with Gasteiger partial charge in [0.25, 0.3) is 0 Å². The molecule has 4 heteroatoms. The van der Waals surface area contributed by atoms with Crippen LogP contribution in [0.2, 0.25) is 0 Å². The molecule has 0 unspecified atom stereocenters. The Morgan fingerprint density at radius 2 is 1.91 bits per heavy atom. The van der Waals surface area contributed by atoms with Crippen LogP contribution in [0.15, 0.2) is 60.3 Å². The lowest BCUT2D eigenvalue weighted by Gasteiger charge is -2.06. The van der Waals surface area contributed by atoms with Gasteiger partial charge in [-0.2, -0.15) is 10.5 Å². The summed E-state index contributed by atoms with van der Waals surface area (Å²) in [6.45, 7) is 0.581. The molecule has 3 nitrogen and oxygen atoms in total. The highest BCUT2D eigenvalue weighted by Gasteiger charge is 2.04. The molecule has 23 heavy (non-hydrogen) atoms. The van der Waals surface area contributed by atoms with Crippen LogP contribution in [0.5, 0.6) is 0 Å². The van der Waals surface area contributed by atoms with E-state index in [4.69, 9.17) is 10.5 Å². The highest BCUT2D eigenvalue weighted by atomic mass is 19.1. The van der Waals surface area contributed by atoms with E-state index in [0.717, 1.165) is 22.0 Å². The lowest BCUT2D eigenvalue weighted by Crippen LogP contribution is -1.98. The first-order valence-corrected chi connectivity index (χ1v) is 7.05. The van der Waals surface area contributed by atoms with Crippen LogP contribution in [0, 0.1) is 28.5 Å². The monoisotopic (exact) mass is 301 g/mol. The standard InChI is InChI=1S/C19H12FN3/c20-18-3-1-2-15(10-18)13-23-7-6-17-9-14(4-5-19(17)23)8-16(11-21)12-22/h1-10H,13H2. The average molecular weight is 301 g/mol. The van der Waals surface area contributed by atoms with Gasteiger partial charge in [0.05, 0.1) is 0 Å². The summed E-state index contributed by atoms with van der Waals surface area (Å²) in [7, 11) is 0. The van der Waals surface area contributed by atoms with Crippen molar-refractivity contribution in [2.24, 2.45) is 0 Å². The summed E-state index contributed by atoms with van der Waals surface area (Å²) in [5.74, 6) is -0.244. The van der Waals surface area contributed by atoms with Crippen LogP contribution < -0.4 is 0 Å². The number of hydrogen-bond donors (Lipinski definition) is 0. The molecule has 0 bridgehead atoms. The van der Waals surface area contributed by atoms with Crippen LogP contribution in [-0.4, -0.2) is 4.57 Å². The third-order valence-corrected chi connectivity index (χ3v) is 3.59. The van der Waals surface area contributed by atoms with Gasteiger partial charge >= 0.3 is 0 Å². The highest BCUT2D eigenvalue weighted by molar-refractivity contribution is 5.83. The minimum atomic E-state index is -0.244. The number of fused-ring (bicyclic) bond motifs is 1. The molecule has 2 aromatic carbocycles. The molecule has 3 rings (SSSR count). The van der Waals surface area contributed by atoms with E-state index in [-0.39, 0.29) is 11.4 Å². The lowest BCUT2D eigenvalue weighted by molar-refractivity contribution is 0.624. The van der Waals surface area contributed by atoms with Crippen molar-refractivity contribution in [3.8, 4) is 12.1 Å². The maximum absolute atomic E-state index is 13.3. The SMILES string of the molecule is N#CC(C#N)=Cc1ccc2c(ccn2Cc2cccc(F)c2)c1. The Labute approximate surface area is 133 Å². The second kappa shape index (κ2) is 6.17. The molecule has 0 amide bonds. The molecular formula is C19H12FN3. The summed E-state index contributed by atoms with van der Waals surface area (Å²) in [6.07, 6.45) is 3.50. The molecule has 1 heterocycles. The zero-order chi connectivity index (χ0) is 16.2. The number of benzene rings is 2. The zero-order valence-corrected chi connectivity index (χ0v) is 12.2. The molecule has 3 aromatic rings. The van der Waals surface area contributed by atoms with Gasteiger partial charge < -0.3 is 4.57 Å². The number of nitriles is 2. The molecule has 1 aromatic heterocycles. The number of nitrogens with zero attached hydrogens (tertiary/aromatic N) is 3. The fraction of sp³-hybridized carbons (Fsp3) is 0.0526. The van der Waals surface area contributed by atoms with E-state index < -0.39 is 0 Å². The number of halogens is 1. The van der Waals surface area contributed by atoms with Crippen molar-refractivity contribution in [3.05, 3.63) is 77.2 Å². The third-order valence-electron chi connectivity index (χ3n) is 3.59. The van der Waals surface area contributed by atoms with Crippen molar-refractivity contribution in [2.45, 2.75) is 6.54 Å². The second-order valence-electron chi connectivity index (χ2n) is 5.17. The van der Waals surface area contributed by atoms with Gasteiger partial charge in [0.15, 0.2) is 0 Å². The van der Waals surface area contributed by atoms with Crippen LogP contribution >= 0.6 is 0 Å². The minimum Gasteiger partial charge on any atom is -0.343 e. The Bertz CT molecular complexity index is 968. The molecule has 0 saturated heterocycles. The largest absolute Gasteiger partial charge is 0.343 e. The number of rotatable bonds is 3. The van der Waals surface area contributed by atoms with Gasteiger partial charge in [-0.3, -0.25) is 0 Å². The van der Waals surface area contributed by atoms with E-state index in [2.05, 4.69) is 0 Å². The molecule has 0 aliphatic rings. The fourth-order valence-corrected chi connectivity index (χ4v) is 2.53. The predicted octanol–water partition coefficient (Wildman–Crippen LogP) is 4.26. The third kappa shape index (κ3) is 3.12. The minimum absolute atomic E-state index is 0.0727. The molecule has 0 N–H and O–H groups in total. The van der Waals surface area contributed by atoms with E-state index in [1.54, 1.807) is 12.1 Å². The van der Waals surface area contributed by atoms with Crippen molar-refractivity contribution in [1.29, 1.82) is 10.5 Å². The van der Waals surface area contributed by atoms with E-state index in [0.29, 0.717) is 6.54 Å². The summed E-state index contributed by atoms with van der Waals surface area (Å²) < 4.78 is 15.3. The van der Waals surface area contributed by atoms with E-state index in [9.17, 15) is 4.39 Å². The molecular weight excluding hydrogens is 289 g/mol. The molecule has 0 saturated carbocycles. The number of allylic oxidation sites excluding steroid dienone is 1.